The third-order valence-electron chi connectivity index (χ3n) is 4.35. The van der Waals surface area contributed by atoms with Gasteiger partial charge in [0.05, 0.1) is 18.9 Å². The molecule has 0 bridgehead atoms. The fourth-order valence-electron chi connectivity index (χ4n) is 3.24. The van der Waals surface area contributed by atoms with Crippen LogP contribution in [0.2, 0.25) is 0 Å². The summed E-state index contributed by atoms with van der Waals surface area (Å²) in [5, 5.41) is 4.83. The second kappa shape index (κ2) is 6.78. The third-order valence-corrected chi connectivity index (χ3v) is 4.79. The highest BCUT2D eigenvalue weighted by molar-refractivity contribution is 7.71. The van der Waals surface area contributed by atoms with Crippen LogP contribution < -0.4 is 0 Å². The summed E-state index contributed by atoms with van der Waals surface area (Å²) in [5.41, 5.74) is 2.22. The number of morpholine rings is 1. The first-order valence-electron chi connectivity index (χ1n) is 8.50. The summed E-state index contributed by atoms with van der Waals surface area (Å²) in [4.78, 5) is 2.35. The van der Waals surface area contributed by atoms with Gasteiger partial charge in [0.15, 0.2) is 10.6 Å². The summed E-state index contributed by atoms with van der Waals surface area (Å²) >= 11 is 5.68. The molecule has 0 atom stereocenters. The number of hydrogen-bond acceptors (Lipinski definition) is 4. The lowest BCUT2D eigenvalue weighted by atomic mass is 10.1. The number of aromatic nitrogens is 3. The maximum Gasteiger partial charge on any atom is 0.199 e. The summed E-state index contributed by atoms with van der Waals surface area (Å²) < 4.78 is 10.6. The van der Waals surface area contributed by atoms with E-state index < -0.39 is 0 Å². The van der Waals surface area contributed by atoms with E-state index in [1.165, 1.54) is 5.56 Å². The smallest absolute Gasteiger partial charge is 0.199 e. The number of nitrogens with zero attached hydrogens (tertiary/aromatic N) is 4. The number of ether oxygens (including phenoxy) is 1. The minimum atomic E-state index is -0.118. The predicted molar refractivity (Wildman–Crippen MR) is 98.5 cm³/mol. The molecule has 2 aromatic rings. The van der Waals surface area contributed by atoms with Crippen LogP contribution in [0.3, 0.4) is 0 Å². The van der Waals surface area contributed by atoms with Gasteiger partial charge in [-0.15, -0.1) is 0 Å². The van der Waals surface area contributed by atoms with Crippen molar-refractivity contribution in [2.24, 2.45) is 0 Å². The van der Waals surface area contributed by atoms with Crippen molar-refractivity contribution in [3.63, 3.8) is 0 Å². The maximum atomic E-state index is 5.79. The Morgan fingerprint density at radius 3 is 2.79 bits per heavy atom. The summed E-state index contributed by atoms with van der Waals surface area (Å²) in [6, 6.07) is 8.42. The first-order valence-corrected chi connectivity index (χ1v) is 8.91. The van der Waals surface area contributed by atoms with Gasteiger partial charge in [0, 0.05) is 25.2 Å². The average molecular weight is 347 g/mol. The van der Waals surface area contributed by atoms with E-state index in [0.29, 0.717) is 6.67 Å². The van der Waals surface area contributed by atoms with Gasteiger partial charge < -0.3 is 9.30 Å². The van der Waals surface area contributed by atoms with E-state index in [4.69, 9.17) is 22.1 Å². The van der Waals surface area contributed by atoms with E-state index in [-0.39, 0.29) is 5.60 Å². The normalized spacial score (nSPS) is 18.0. The largest absolute Gasteiger partial charge is 0.373 e. The second-order valence-corrected chi connectivity index (χ2v) is 7.39. The molecule has 3 rings (SSSR count). The van der Waals surface area contributed by atoms with Crippen LogP contribution in [-0.2, 0) is 18.0 Å². The number of hydrogen-bond donors (Lipinski definition) is 0. The monoisotopic (exact) mass is 346 g/mol. The molecule has 1 aromatic carbocycles. The molecule has 1 fully saturated rings. The maximum absolute atomic E-state index is 5.79. The Morgan fingerprint density at radius 1 is 1.33 bits per heavy atom. The Kier molecular flexibility index (Phi) is 4.90. The Hall–Kier alpha value is -1.50. The van der Waals surface area contributed by atoms with Gasteiger partial charge >= 0.3 is 0 Å². The molecule has 5 nitrogen and oxygen atoms in total. The zero-order valence-electron chi connectivity index (χ0n) is 15.0. The fraction of sp³-hybridized carbons (Fsp3) is 0.556. The molecular formula is C18H26N4OS. The Labute approximate surface area is 148 Å². The second-order valence-electron chi connectivity index (χ2n) is 7.02. The molecular weight excluding hydrogens is 320 g/mol. The summed E-state index contributed by atoms with van der Waals surface area (Å²) in [5.74, 6) is 0.943. The minimum absolute atomic E-state index is 0.118. The quantitative estimate of drug-likeness (QED) is 0.794. The molecule has 0 spiro atoms. The van der Waals surface area contributed by atoms with Crippen molar-refractivity contribution in [2.75, 3.05) is 19.7 Å². The summed E-state index contributed by atoms with van der Waals surface area (Å²) in [6.07, 6.45) is 0. The molecule has 0 unspecified atom stereocenters. The van der Waals surface area contributed by atoms with Crippen molar-refractivity contribution in [3.8, 4) is 11.4 Å². The molecule has 6 heteroatoms. The fourth-order valence-corrected chi connectivity index (χ4v) is 3.55. The Morgan fingerprint density at radius 2 is 2.12 bits per heavy atom. The van der Waals surface area contributed by atoms with Crippen LogP contribution in [0.5, 0.6) is 0 Å². The van der Waals surface area contributed by atoms with E-state index in [1.807, 2.05) is 4.68 Å². The Bertz CT molecular complexity index is 778. The van der Waals surface area contributed by atoms with Crippen LogP contribution in [0.1, 0.15) is 26.3 Å². The number of rotatable bonds is 4. The van der Waals surface area contributed by atoms with E-state index in [9.17, 15) is 0 Å². The molecule has 0 N–H and O–H groups in total. The summed E-state index contributed by atoms with van der Waals surface area (Å²) in [7, 11) is 0. The molecule has 1 aromatic heterocycles. The molecule has 0 saturated carbocycles. The first-order chi connectivity index (χ1) is 11.4. The zero-order chi connectivity index (χ0) is 17.3. The van der Waals surface area contributed by atoms with Crippen LogP contribution >= 0.6 is 12.2 Å². The van der Waals surface area contributed by atoms with E-state index in [1.54, 1.807) is 0 Å². The summed E-state index contributed by atoms with van der Waals surface area (Å²) in [6.45, 7) is 12.5. The molecule has 0 radical (unpaired) electrons. The van der Waals surface area contributed by atoms with E-state index in [2.05, 4.69) is 61.4 Å². The van der Waals surface area contributed by atoms with Crippen LogP contribution in [-0.4, -0.2) is 44.5 Å². The minimum Gasteiger partial charge on any atom is -0.373 e. The first kappa shape index (κ1) is 17.3. The van der Waals surface area contributed by atoms with Crippen molar-refractivity contribution < 1.29 is 4.74 Å². The average Bonchev–Trinajstić information content (AvgIpc) is 2.82. The van der Waals surface area contributed by atoms with Gasteiger partial charge in [-0.1, -0.05) is 23.8 Å². The van der Waals surface area contributed by atoms with Gasteiger partial charge in [-0.2, -0.15) is 5.10 Å². The van der Waals surface area contributed by atoms with Crippen molar-refractivity contribution in [1.29, 1.82) is 0 Å². The van der Waals surface area contributed by atoms with E-state index in [0.717, 1.165) is 42.4 Å². The lowest BCUT2D eigenvalue weighted by Gasteiger charge is -2.37. The number of aryl methyl sites for hydroxylation is 1. The van der Waals surface area contributed by atoms with Crippen molar-refractivity contribution in [2.45, 2.75) is 46.5 Å². The molecule has 2 heterocycles. The lowest BCUT2D eigenvalue weighted by molar-refractivity contribution is -0.0946. The Balaban J connectivity index is 1.91. The highest BCUT2D eigenvalue weighted by Gasteiger charge is 2.27. The van der Waals surface area contributed by atoms with Gasteiger partial charge in [-0.05, 0) is 46.0 Å². The zero-order valence-corrected chi connectivity index (χ0v) is 15.8. The van der Waals surface area contributed by atoms with Crippen molar-refractivity contribution in [1.82, 2.24) is 19.2 Å². The van der Waals surface area contributed by atoms with Crippen LogP contribution in [0.4, 0.5) is 0 Å². The molecule has 0 amide bonds. The standard InChI is InChI=1S/C18H26N4OS/c1-5-21-16(15-8-6-7-14(2)11-15)19-22(17(21)24)13-20-9-10-23-18(3,4)12-20/h6-8,11H,5,9-10,12-13H2,1-4H3. The molecule has 1 aliphatic heterocycles. The molecule has 1 saturated heterocycles. The number of benzene rings is 1. The van der Waals surface area contributed by atoms with Gasteiger partial charge in [0.25, 0.3) is 0 Å². The molecule has 24 heavy (non-hydrogen) atoms. The molecule has 130 valence electrons. The van der Waals surface area contributed by atoms with Gasteiger partial charge in [-0.25, -0.2) is 4.68 Å². The predicted octanol–water partition coefficient (Wildman–Crippen LogP) is 3.48. The highest BCUT2D eigenvalue weighted by Crippen LogP contribution is 2.21. The van der Waals surface area contributed by atoms with Crippen molar-refractivity contribution in [3.05, 3.63) is 34.6 Å². The SMILES string of the molecule is CCn1c(-c2cccc(C)c2)nn(CN2CCOC(C)(C)C2)c1=S. The van der Waals surface area contributed by atoms with Gasteiger partial charge in [0.2, 0.25) is 0 Å². The van der Waals surface area contributed by atoms with Crippen molar-refractivity contribution >= 4 is 12.2 Å². The van der Waals surface area contributed by atoms with E-state index >= 15 is 0 Å². The molecule has 0 aliphatic carbocycles. The topological polar surface area (TPSA) is 35.2 Å². The highest BCUT2D eigenvalue weighted by atomic mass is 32.1. The van der Waals surface area contributed by atoms with Gasteiger partial charge in [-0.3, -0.25) is 4.90 Å². The molecule has 1 aliphatic rings. The third kappa shape index (κ3) is 3.61. The van der Waals surface area contributed by atoms with Crippen LogP contribution in [0.25, 0.3) is 11.4 Å². The van der Waals surface area contributed by atoms with Gasteiger partial charge in [0.1, 0.15) is 0 Å². The van der Waals surface area contributed by atoms with Crippen LogP contribution in [0, 0.1) is 11.7 Å². The lowest BCUT2D eigenvalue weighted by Crippen LogP contribution is -2.48. The van der Waals surface area contributed by atoms with Crippen LogP contribution in [0.15, 0.2) is 24.3 Å².